The van der Waals surface area contributed by atoms with Gasteiger partial charge in [-0.1, -0.05) is 0 Å². The second-order valence-electron chi connectivity index (χ2n) is 6.03. The van der Waals surface area contributed by atoms with Crippen LogP contribution in [0, 0.1) is 0 Å². The second kappa shape index (κ2) is 6.08. The fourth-order valence-electron chi connectivity index (χ4n) is 2.89. The standard InChI is InChI=1S/C17H13F3N6O/c18-17(19,20)3-1-14-22-7-11-10(6-23-16(11)25-14)9-2-4-26-13(5-9)12(8-24-26)15(21)27/h2,4-8H,1,3H2,(H2,21,27)(H,22,23,25). The minimum atomic E-state index is -4.25. The van der Waals surface area contributed by atoms with Crippen molar-refractivity contribution in [3.8, 4) is 11.1 Å². The maximum Gasteiger partial charge on any atom is 0.389 e. The molecule has 0 radical (unpaired) electrons. The Kier molecular flexibility index (Phi) is 3.83. The molecule has 0 aliphatic rings. The number of nitrogens with one attached hydrogen (secondary N) is 1. The van der Waals surface area contributed by atoms with Crippen LogP contribution < -0.4 is 5.73 Å². The van der Waals surface area contributed by atoms with E-state index in [1.54, 1.807) is 24.5 Å². The Morgan fingerprint density at radius 2 is 2.11 bits per heavy atom. The van der Waals surface area contributed by atoms with Crippen LogP contribution >= 0.6 is 0 Å². The van der Waals surface area contributed by atoms with E-state index in [4.69, 9.17) is 5.73 Å². The molecular formula is C17H13F3N6O. The van der Waals surface area contributed by atoms with E-state index >= 15 is 0 Å². The number of primary amides is 1. The highest BCUT2D eigenvalue weighted by molar-refractivity contribution is 6.01. The Labute approximate surface area is 150 Å². The molecule has 27 heavy (non-hydrogen) atoms. The van der Waals surface area contributed by atoms with E-state index in [1.807, 2.05) is 0 Å². The third-order valence-electron chi connectivity index (χ3n) is 4.21. The van der Waals surface area contributed by atoms with Gasteiger partial charge in [0.25, 0.3) is 5.91 Å². The summed E-state index contributed by atoms with van der Waals surface area (Å²) in [6, 6.07) is 3.55. The first-order valence-electron chi connectivity index (χ1n) is 7.99. The highest BCUT2D eigenvalue weighted by atomic mass is 19.4. The number of amides is 1. The normalized spacial score (nSPS) is 12.1. The third kappa shape index (κ3) is 3.21. The summed E-state index contributed by atoms with van der Waals surface area (Å²) in [5, 5.41) is 4.73. The largest absolute Gasteiger partial charge is 0.389 e. The van der Waals surface area contributed by atoms with Gasteiger partial charge in [-0.15, -0.1) is 0 Å². The zero-order chi connectivity index (χ0) is 19.2. The van der Waals surface area contributed by atoms with Gasteiger partial charge in [0, 0.05) is 36.0 Å². The molecule has 0 atom stereocenters. The molecule has 3 N–H and O–H groups in total. The molecule has 4 aromatic heterocycles. The topological polar surface area (TPSA) is 102 Å². The van der Waals surface area contributed by atoms with Gasteiger partial charge in [-0.25, -0.2) is 14.5 Å². The van der Waals surface area contributed by atoms with Crippen molar-refractivity contribution >= 4 is 22.5 Å². The highest BCUT2D eigenvalue weighted by Crippen LogP contribution is 2.29. The molecule has 10 heteroatoms. The van der Waals surface area contributed by atoms with Crippen LogP contribution in [0.1, 0.15) is 22.6 Å². The van der Waals surface area contributed by atoms with Gasteiger partial charge in [-0.05, 0) is 17.7 Å². The van der Waals surface area contributed by atoms with E-state index in [9.17, 15) is 18.0 Å². The predicted molar refractivity (Wildman–Crippen MR) is 91.0 cm³/mol. The van der Waals surface area contributed by atoms with Crippen molar-refractivity contribution < 1.29 is 18.0 Å². The Hall–Kier alpha value is -3.43. The number of carbonyl (C=O) groups is 1. The Bertz CT molecular complexity index is 1160. The molecule has 0 saturated heterocycles. The molecule has 4 rings (SSSR count). The first-order valence-corrected chi connectivity index (χ1v) is 7.99. The number of aromatic amines is 1. The molecule has 0 aromatic carbocycles. The van der Waals surface area contributed by atoms with Gasteiger partial charge in [0.1, 0.15) is 11.5 Å². The van der Waals surface area contributed by atoms with E-state index < -0.39 is 18.5 Å². The van der Waals surface area contributed by atoms with Crippen molar-refractivity contribution in [1.82, 2.24) is 24.6 Å². The van der Waals surface area contributed by atoms with Gasteiger partial charge < -0.3 is 10.7 Å². The number of H-pyrrole nitrogens is 1. The number of nitrogens with two attached hydrogens (primary N) is 1. The number of hydrogen-bond acceptors (Lipinski definition) is 4. The van der Waals surface area contributed by atoms with Gasteiger partial charge in [0.15, 0.2) is 0 Å². The first-order chi connectivity index (χ1) is 12.8. The van der Waals surface area contributed by atoms with Crippen LogP contribution in [0.4, 0.5) is 13.2 Å². The number of aromatic nitrogens is 5. The fourth-order valence-corrected chi connectivity index (χ4v) is 2.89. The lowest BCUT2D eigenvalue weighted by molar-refractivity contribution is -0.134. The van der Waals surface area contributed by atoms with Crippen molar-refractivity contribution in [3.63, 3.8) is 0 Å². The molecule has 4 heterocycles. The number of hydrogen-bond donors (Lipinski definition) is 2. The van der Waals surface area contributed by atoms with Crippen molar-refractivity contribution in [2.24, 2.45) is 5.73 Å². The summed E-state index contributed by atoms with van der Waals surface area (Å²) in [5.74, 6) is -0.464. The molecule has 0 aliphatic carbocycles. The Morgan fingerprint density at radius 3 is 2.85 bits per heavy atom. The average Bonchev–Trinajstić information content (AvgIpc) is 3.22. The highest BCUT2D eigenvalue weighted by Gasteiger charge is 2.27. The van der Waals surface area contributed by atoms with Crippen LogP contribution in [0.2, 0.25) is 0 Å². The lowest BCUT2D eigenvalue weighted by Crippen LogP contribution is -2.10. The van der Waals surface area contributed by atoms with E-state index in [0.717, 1.165) is 11.1 Å². The summed E-state index contributed by atoms with van der Waals surface area (Å²) in [6.45, 7) is 0. The fraction of sp³-hybridized carbons (Fsp3) is 0.176. The molecule has 0 fully saturated rings. The van der Waals surface area contributed by atoms with Gasteiger partial charge in [-0.3, -0.25) is 4.79 Å². The zero-order valence-electron chi connectivity index (χ0n) is 13.8. The molecule has 7 nitrogen and oxygen atoms in total. The van der Waals surface area contributed by atoms with E-state index in [-0.39, 0.29) is 12.2 Å². The number of pyridine rings is 1. The number of aryl methyl sites for hydroxylation is 1. The molecule has 0 aliphatic heterocycles. The van der Waals surface area contributed by atoms with Gasteiger partial charge >= 0.3 is 6.18 Å². The number of halogens is 3. The van der Waals surface area contributed by atoms with Crippen molar-refractivity contribution in [1.29, 1.82) is 0 Å². The van der Waals surface area contributed by atoms with Crippen LogP contribution in [-0.2, 0) is 6.42 Å². The lowest BCUT2D eigenvalue weighted by atomic mass is 10.1. The van der Waals surface area contributed by atoms with Gasteiger partial charge in [-0.2, -0.15) is 18.3 Å². The number of carbonyl (C=O) groups excluding carboxylic acids is 1. The molecule has 4 aromatic rings. The molecule has 0 saturated carbocycles. The van der Waals surface area contributed by atoms with Crippen LogP contribution in [0.3, 0.4) is 0 Å². The zero-order valence-corrected chi connectivity index (χ0v) is 13.8. The summed E-state index contributed by atoms with van der Waals surface area (Å²) in [7, 11) is 0. The van der Waals surface area contributed by atoms with Gasteiger partial charge in [0.2, 0.25) is 0 Å². The SMILES string of the molecule is NC(=O)c1cnn2ccc(-c3c[nH]c4nc(CCC(F)(F)F)ncc34)cc12. The van der Waals surface area contributed by atoms with Crippen molar-refractivity contribution in [2.45, 2.75) is 19.0 Å². The number of fused-ring (bicyclic) bond motifs is 2. The molecule has 1 amide bonds. The molecule has 0 bridgehead atoms. The minimum absolute atomic E-state index is 0.121. The monoisotopic (exact) mass is 374 g/mol. The molecule has 138 valence electrons. The van der Waals surface area contributed by atoms with E-state index in [0.29, 0.717) is 22.1 Å². The van der Waals surface area contributed by atoms with Crippen LogP contribution in [0.5, 0.6) is 0 Å². The van der Waals surface area contributed by atoms with Crippen LogP contribution in [0.15, 0.2) is 36.9 Å². The summed E-state index contributed by atoms with van der Waals surface area (Å²) in [5.41, 5.74) is 8.18. The first kappa shape index (κ1) is 17.0. The Morgan fingerprint density at radius 1 is 1.30 bits per heavy atom. The van der Waals surface area contributed by atoms with Crippen LogP contribution in [-0.4, -0.2) is 36.6 Å². The quantitative estimate of drug-likeness (QED) is 0.573. The maximum absolute atomic E-state index is 12.4. The molecular weight excluding hydrogens is 361 g/mol. The Balaban J connectivity index is 1.73. The van der Waals surface area contributed by atoms with Crippen LogP contribution in [0.25, 0.3) is 27.7 Å². The number of rotatable bonds is 4. The van der Waals surface area contributed by atoms with E-state index in [1.165, 1.54) is 16.9 Å². The average molecular weight is 374 g/mol. The predicted octanol–water partition coefficient (Wildman–Crippen LogP) is 2.87. The smallest absolute Gasteiger partial charge is 0.365 e. The van der Waals surface area contributed by atoms with E-state index in [2.05, 4.69) is 20.1 Å². The summed E-state index contributed by atoms with van der Waals surface area (Å²) in [4.78, 5) is 22.7. The number of alkyl halides is 3. The summed E-state index contributed by atoms with van der Waals surface area (Å²) < 4.78 is 38.6. The second-order valence-corrected chi connectivity index (χ2v) is 6.03. The molecule has 0 unspecified atom stereocenters. The molecule has 0 spiro atoms. The summed E-state index contributed by atoms with van der Waals surface area (Å²) in [6.07, 6.45) is 0.769. The summed E-state index contributed by atoms with van der Waals surface area (Å²) >= 11 is 0. The number of nitrogens with zero attached hydrogens (tertiary/aromatic N) is 4. The lowest BCUT2D eigenvalue weighted by Gasteiger charge is -2.05. The maximum atomic E-state index is 12.4. The van der Waals surface area contributed by atoms with Crippen molar-refractivity contribution in [2.75, 3.05) is 0 Å². The third-order valence-corrected chi connectivity index (χ3v) is 4.21. The van der Waals surface area contributed by atoms with Gasteiger partial charge in [0.05, 0.1) is 23.7 Å². The minimum Gasteiger partial charge on any atom is -0.365 e. The van der Waals surface area contributed by atoms with Crippen molar-refractivity contribution in [3.05, 3.63) is 48.3 Å².